The Bertz CT molecular complexity index is 990. The summed E-state index contributed by atoms with van der Waals surface area (Å²) < 4.78 is 24.1. The number of aromatic nitrogens is 1. The van der Waals surface area contributed by atoms with E-state index in [1.54, 1.807) is 18.3 Å². The molecule has 5 nitrogen and oxygen atoms in total. The number of ether oxygens (including phenoxy) is 2. The Labute approximate surface area is 156 Å². The predicted octanol–water partition coefficient (Wildman–Crippen LogP) is 2.95. The van der Waals surface area contributed by atoms with Crippen LogP contribution in [-0.2, 0) is 4.79 Å². The zero-order valence-corrected chi connectivity index (χ0v) is 14.4. The van der Waals surface area contributed by atoms with Crippen LogP contribution in [0.3, 0.4) is 0 Å². The minimum atomic E-state index is -0.509. The third kappa shape index (κ3) is 5.19. The summed E-state index contributed by atoms with van der Waals surface area (Å²) >= 11 is 0. The number of benzene rings is 2. The van der Waals surface area contributed by atoms with E-state index in [-0.39, 0.29) is 31.4 Å². The third-order valence-electron chi connectivity index (χ3n) is 3.59. The Morgan fingerprint density at radius 2 is 1.81 bits per heavy atom. The van der Waals surface area contributed by atoms with Crippen molar-refractivity contribution in [3.05, 3.63) is 66.6 Å². The van der Waals surface area contributed by atoms with Gasteiger partial charge in [0.05, 0.1) is 6.54 Å². The Hall–Kier alpha value is -3.59. The van der Waals surface area contributed by atoms with Crippen molar-refractivity contribution in [2.45, 2.75) is 0 Å². The number of amides is 1. The predicted molar refractivity (Wildman–Crippen MR) is 99.9 cm³/mol. The average Bonchev–Trinajstić information content (AvgIpc) is 2.70. The first kappa shape index (κ1) is 18.2. The number of pyridine rings is 1. The van der Waals surface area contributed by atoms with Crippen molar-refractivity contribution in [2.24, 2.45) is 0 Å². The molecule has 0 atom stereocenters. The van der Waals surface area contributed by atoms with Gasteiger partial charge in [0.2, 0.25) is 0 Å². The van der Waals surface area contributed by atoms with Gasteiger partial charge in [0, 0.05) is 11.6 Å². The molecule has 1 amide bonds. The zero-order chi connectivity index (χ0) is 18.9. The highest BCUT2D eigenvalue weighted by molar-refractivity contribution is 5.84. The largest absolute Gasteiger partial charge is 0.481 e. The number of hydrogen-bond acceptors (Lipinski definition) is 4. The second-order valence-electron chi connectivity index (χ2n) is 5.47. The van der Waals surface area contributed by atoms with Gasteiger partial charge >= 0.3 is 0 Å². The molecule has 2 aromatic carbocycles. The molecule has 0 aliphatic rings. The molecule has 1 heterocycles. The van der Waals surface area contributed by atoms with Crippen molar-refractivity contribution in [1.29, 1.82) is 0 Å². The van der Waals surface area contributed by atoms with Crippen molar-refractivity contribution in [3.8, 4) is 23.3 Å². The van der Waals surface area contributed by atoms with Gasteiger partial charge in [0.15, 0.2) is 18.2 Å². The molecule has 1 N–H and O–H groups in total. The molecule has 0 aliphatic carbocycles. The summed E-state index contributed by atoms with van der Waals surface area (Å²) in [5, 5.41) is 3.56. The Kier molecular flexibility index (Phi) is 6.21. The lowest BCUT2D eigenvalue weighted by Gasteiger charge is -2.06. The number of halogens is 1. The molecular weight excluding hydrogens is 347 g/mol. The molecule has 0 bridgehead atoms. The molecule has 0 unspecified atom stereocenters. The number of carbonyl (C=O) groups is 1. The van der Waals surface area contributed by atoms with Crippen LogP contribution in [0.25, 0.3) is 10.9 Å². The lowest BCUT2D eigenvalue weighted by molar-refractivity contribution is -0.122. The molecule has 1 aromatic heterocycles. The number of para-hydroxylation sites is 2. The lowest BCUT2D eigenvalue weighted by Crippen LogP contribution is -2.29. The molecular formula is C21H17FN2O3. The van der Waals surface area contributed by atoms with Crippen LogP contribution in [0.15, 0.2) is 60.8 Å². The van der Waals surface area contributed by atoms with Crippen LogP contribution in [0.1, 0.15) is 0 Å². The van der Waals surface area contributed by atoms with Gasteiger partial charge in [-0.1, -0.05) is 42.2 Å². The molecule has 3 aromatic rings. The van der Waals surface area contributed by atoms with Crippen LogP contribution in [0.4, 0.5) is 4.39 Å². The van der Waals surface area contributed by atoms with Crippen LogP contribution in [-0.4, -0.2) is 30.6 Å². The van der Waals surface area contributed by atoms with Crippen molar-refractivity contribution >= 4 is 16.8 Å². The molecule has 0 saturated heterocycles. The third-order valence-corrected chi connectivity index (χ3v) is 3.59. The molecule has 136 valence electrons. The molecule has 0 fully saturated rings. The van der Waals surface area contributed by atoms with Gasteiger partial charge in [0.1, 0.15) is 17.9 Å². The second-order valence-corrected chi connectivity index (χ2v) is 5.47. The first-order valence-electron chi connectivity index (χ1n) is 8.30. The number of carbonyl (C=O) groups excluding carboxylic acids is 1. The van der Waals surface area contributed by atoms with E-state index in [2.05, 4.69) is 22.1 Å². The molecule has 0 spiro atoms. The maximum absolute atomic E-state index is 13.4. The summed E-state index contributed by atoms with van der Waals surface area (Å²) in [6.07, 6.45) is 1.71. The van der Waals surface area contributed by atoms with Gasteiger partial charge in [-0.15, -0.1) is 0 Å². The SMILES string of the molecule is O=C(COc1ccccc1F)NCC#CCOc1cccc2cccnc12. The maximum Gasteiger partial charge on any atom is 0.258 e. The molecule has 6 heteroatoms. The van der Waals surface area contributed by atoms with Crippen LogP contribution in [0.5, 0.6) is 11.5 Å². The lowest BCUT2D eigenvalue weighted by atomic mass is 10.2. The molecule has 3 rings (SSSR count). The van der Waals surface area contributed by atoms with Crippen LogP contribution < -0.4 is 14.8 Å². The quantitative estimate of drug-likeness (QED) is 0.683. The highest BCUT2D eigenvalue weighted by Gasteiger charge is 2.05. The Morgan fingerprint density at radius 1 is 1.00 bits per heavy atom. The van der Waals surface area contributed by atoms with Crippen LogP contribution in [0.2, 0.25) is 0 Å². The maximum atomic E-state index is 13.4. The fourth-order valence-electron chi connectivity index (χ4n) is 2.32. The number of rotatable bonds is 6. The summed E-state index contributed by atoms with van der Waals surface area (Å²) in [6.45, 7) is 0.0503. The van der Waals surface area contributed by atoms with E-state index in [1.165, 1.54) is 12.1 Å². The highest BCUT2D eigenvalue weighted by Crippen LogP contribution is 2.22. The number of nitrogens with one attached hydrogen (secondary N) is 1. The Balaban J connectivity index is 1.40. The zero-order valence-electron chi connectivity index (χ0n) is 14.4. The summed E-state index contributed by atoms with van der Waals surface area (Å²) in [5.41, 5.74) is 0.778. The van der Waals surface area contributed by atoms with Crippen molar-refractivity contribution < 1.29 is 18.7 Å². The van der Waals surface area contributed by atoms with Crippen molar-refractivity contribution in [2.75, 3.05) is 19.8 Å². The van der Waals surface area contributed by atoms with Gasteiger partial charge in [-0.25, -0.2) is 4.39 Å². The first-order chi connectivity index (χ1) is 13.2. The number of nitrogens with zero attached hydrogens (tertiary/aromatic N) is 1. The van der Waals surface area contributed by atoms with Crippen molar-refractivity contribution in [3.63, 3.8) is 0 Å². The van der Waals surface area contributed by atoms with Crippen LogP contribution >= 0.6 is 0 Å². The molecule has 0 aliphatic heterocycles. The van der Waals surface area contributed by atoms with E-state index in [0.29, 0.717) is 5.75 Å². The van der Waals surface area contributed by atoms with Gasteiger partial charge in [-0.2, -0.15) is 0 Å². The fourth-order valence-corrected chi connectivity index (χ4v) is 2.32. The summed E-state index contributed by atoms with van der Waals surface area (Å²) in [6, 6.07) is 15.4. The topological polar surface area (TPSA) is 60.5 Å². The fraction of sp³-hybridized carbons (Fsp3) is 0.143. The first-order valence-corrected chi connectivity index (χ1v) is 8.30. The van der Waals surface area contributed by atoms with E-state index >= 15 is 0 Å². The standard InChI is InChI=1S/C21H17FN2O3/c22-17-9-1-2-10-18(17)27-15-20(25)23-12-3-4-14-26-19-11-5-7-16-8-6-13-24-21(16)19/h1-2,5-11,13H,12,14-15H2,(H,23,25). The van der Waals surface area contributed by atoms with Gasteiger partial charge < -0.3 is 14.8 Å². The van der Waals surface area contributed by atoms with Crippen LogP contribution in [0, 0.1) is 17.7 Å². The van der Waals surface area contributed by atoms with Gasteiger partial charge in [-0.05, 0) is 24.3 Å². The average molecular weight is 364 g/mol. The van der Waals surface area contributed by atoms with E-state index < -0.39 is 5.82 Å². The minimum Gasteiger partial charge on any atom is -0.481 e. The molecule has 0 radical (unpaired) electrons. The summed E-state index contributed by atoms with van der Waals surface area (Å²) in [7, 11) is 0. The molecule has 0 saturated carbocycles. The van der Waals surface area contributed by atoms with E-state index in [0.717, 1.165) is 10.9 Å². The van der Waals surface area contributed by atoms with E-state index in [4.69, 9.17) is 9.47 Å². The van der Waals surface area contributed by atoms with Gasteiger partial charge in [0.25, 0.3) is 5.91 Å². The monoisotopic (exact) mass is 364 g/mol. The number of hydrogen-bond donors (Lipinski definition) is 1. The highest BCUT2D eigenvalue weighted by atomic mass is 19.1. The second kappa shape index (κ2) is 9.20. The Morgan fingerprint density at radius 3 is 2.70 bits per heavy atom. The minimum absolute atomic E-state index is 0.0378. The summed E-state index contributed by atoms with van der Waals surface area (Å²) in [5.74, 6) is 5.41. The summed E-state index contributed by atoms with van der Waals surface area (Å²) in [4.78, 5) is 16.0. The van der Waals surface area contributed by atoms with E-state index in [9.17, 15) is 9.18 Å². The normalized spacial score (nSPS) is 9.96. The van der Waals surface area contributed by atoms with E-state index in [1.807, 2.05) is 30.3 Å². The number of fused-ring (bicyclic) bond motifs is 1. The van der Waals surface area contributed by atoms with Gasteiger partial charge in [-0.3, -0.25) is 9.78 Å². The smallest absolute Gasteiger partial charge is 0.258 e. The molecule has 27 heavy (non-hydrogen) atoms. The van der Waals surface area contributed by atoms with Crippen molar-refractivity contribution in [1.82, 2.24) is 10.3 Å².